The summed E-state index contributed by atoms with van der Waals surface area (Å²) < 4.78 is 6.30. The highest BCUT2D eigenvalue weighted by Crippen LogP contribution is 2.14. The van der Waals surface area contributed by atoms with Crippen LogP contribution in [0.3, 0.4) is 0 Å². The number of hydrogen-bond donors (Lipinski definition) is 0. The number of nitrogens with zero attached hydrogens (tertiary/aromatic N) is 3. The number of benzene rings is 1. The number of rotatable bonds is 1. The first-order chi connectivity index (χ1) is 8.25. The molecule has 0 aliphatic heterocycles. The molecule has 0 saturated carbocycles. The summed E-state index contributed by atoms with van der Waals surface area (Å²) in [6.45, 7) is 1.97. The predicted molar refractivity (Wildman–Crippen MR) is 60.7 cm³/mol. The largest absolute Gasteiger partial charge is 0.459 e. The van der Waals surface area contributed by atoms with Crippen molar-refractivity contribution in [2.24, 2.45) is 0 Å². The lowest BCUT2D eigenvalue weighted by Crippen LogP contribution is -2.12. The maximum Gasteiger partial charge on any atom is 0.315 e. The first-order valence-electron chi connectivity index (χ1n) is 5.16. The van der Waals surface area contributed by atoms with Crippen molar-refractivity contribution in [1.29, 1.82) is 0 Å². The van der Waals surface area contributed by atoms with Gasteiger partial charge >= 0.3 is 5.91 Å². The van der Waals surface area contributed by atoms with Crippen LogP contribution in [0.4, 0.5) is 0 Å². The Kier molecular flexibility index (Phi) is 2.04. The minimum Gasteiger partial charge on any atom is -0.459 e. The van der Waals surface area contributed by atoms with Gasteiger partial charge in [-0.1, -0.05) is 11.3 Å². The van der Waals surface area contributed by atoms with Gasteiger partial charge in [0.05, 0.1) is 11.8 Å². The molecule has 0 aliphatic rings. The molecule has 0 spiro atoms. The zero-order valence-electron chi connectivity index (χ0n) is 9.12. The minimum atomic E-state index is -0.318. The monoisotopic (exact) mass is 227 g/mol. The zero-order chi connectivity index (χ0) is 11.8. The van der Waals surface area contributed by atoms with E-state index in [2.05, 4.69) is 10.3 Å². The Bertz CT molecular complexity index is 683. The van der Waals surface area contributed by atoms with Crippen molar-refractivity contribution in [3.63, 3.8) is 0 Å². The third kappa shape index (κ3) is 1.52. The molecule has 3 aromatic rings. The van der Waals surface area contributed by atoms with E-state index in [1.165, 1.54) is 10.9 Å². The number of fused-ring (bicyclic) bond motifs is 1. The summed E-state index contributed by atoms with van der Waals surface area (Å²) in [6.07, 6.45) is 1.45. The van der Waals surface area contributed by atoms with Crippen molar-refractivity contribution < 1.29 is 9.21 Å². The van der Waals surface area contributed by atoms with Gasteiger partial charge in [0.25, 0.3) is 0 Å². The standard InChI is InChI=1S/C12H9N3O2/c1-8-4-5-10-9(7-8)13-14-15(10)12(16)11-3-2-6-17-11/h2-7H,1H3. The van der Waals surface area contributed by atoms with Crippen molar-refractivity contribution in [1.82, 2.24) is 15.0 Å². The highest BCUT2D eigenvalue weighted by atomic mass is 16.3. The van der Waals surface area contributed by atoms with Crippen molar-refractivity contribution >= 4 is 16.9 Å². The van der Waals surface area contributed by atoms with Gasteiger partial charge in [0.1, 0.15) is 5.52 Å². The molecule has 3 rings (SSSR count). The molecule has 0 aliphatic carbocycles. The average molecular weight is 227 g/mol. The van der Waals surface area contributed by atoms with E-state index in [9.17, 15) is 4.79 Å². The molecule has 5 nitrogen and oxygen atoms in total. The van der Waals surface area contributed by atoms with E-state index in [0.29, 0.717) is 11.0 Å². The number of hydrogen-bond acceptors (Lipinski definition) is 4. The van der Waals surface area contributed by atoms with E-state index in [0.717, 1.165) is 5.56 Å². The van der Waals surface area contributed by atoms with Gasteiger partial charge in [0.2, 0.25) is 0 Å². The molecule has 2 aromatic heterocycles. The van der Waals surface area contributed by atoms with Gasteiger partial charge in [0.15, 0.2) is 5.76 Å². The number of carbonyl (C=O) groups excluding carboxylic acids is 1. The Hall–Kier alpha value is -2.43. The summed E-state index contributed by atoms with van der Waals surface area (Å²) >= 11 is 0. The SMILES string of the molecule is Cc1ccc2c(c1)nnn2C(=O)c1ccco1. The molecule has 5 heteroatoms. The van der Waals surface area contributed by atoms with Crippen LogP contribution in [0.5, 0.6) is 0 Å². The molecule has 0 bridgehead atoms. The lowest BCUT2D eigenvalue weighted by atomic mass is 10.2. The molecular weight excluding hydrogens is 218 g/mol. The van der Waals surface area contributed by atoms with Gasteiger partial charge in [-0.3, -0.25) is 4.79 Å². The smallest absolute Gasteiger partial charge is 0.315 e. The van der Waals surface area contributed by atoms with Crippen molar-refractivity contribution in [2.75, 3.05) is 0 Å². The van der Waals surface area contributed by atoms with Crippen molar-refractivity contribution in [3.05, 3.63) is 47.9 Å². The van der Waals surface area contributed by atoms with Gasteiger partial charge in [-0.2, -0.15) is 4.68 Å². The Morgan fingerprint density at radius 1 is 1.35 bits per heavy atom. The second-order valence-electron chi connectivity index (χ2n) is 3.78. The zero-order valence-corrected chi connectivity index (χ0v) is 9.12. The van der Waals surface area contributed by atoms with Gasteiger partial charge in [-0.05, 0) is 36.8 Å². The summed E-state index contributed by atoms with van der Waals surface area (Å²) in [5.41, 5.74) is 2.46. The third-order valence-electron chi connectivity index (χ3n) is 2.53. The Morgan fingerprint density at radius 2 is 2.24 bits per heavy atom. The Labute approximate surface area is 96.7 Å². The summed E-state index contributed by atoms with van der Waals surface area (Å²) in [5.74, 6) is -0.0706. The molecule has 0 radical (unpaired) electrons. The van der Waals surface area contributed by atoms with Crippen LogP contribution in [0, 0.1) is 6.92 Å². The van der Waals surface area contributed by atoms with Crippen LogP contribution in [0.1, 0.15) is 16.1 Å². The van der Waals surface area contributed by atoms with E-state index >= 15 is 0 Å². The van der Waals surface area contributed by atoms with E-state index in [1.807, 2.05) is 25.1 Å². The number of furan rings is 1. The Morgan fingerprint density at radius 3 is 3.00 bits per heavy atom. The van der Waals surface area contributed by atoms with Crippen LogP contribution in [-0.2, 0) is 0 Å². The molecule has 1 aromatic carbocycles. The fraction of sp³-hybridized carbons (Fsp3) is 0.0833. The van der Waals surface area contributed by atoms with Gasteiger partial charge in [0, 0.05) is 0 Å². The molecule has 0 amide bonds. The molecule has 0 saturated heterocycles. The highest BCUT2D eigenvalue weighted by Gasteiger charge is 2.16. The third-order valence-corrected chi connectivity index (χ3v) is 2.53. The van der Waals surface area contributed by atoms with Crippen LogP contribution in [0.2, 0.25) is 0 Å². The van der Waals surface area contributed by atoms with Crippen LogP contribution in [0.25, 0.3) is 11.0 Å². The molecular formula is C12H9N3O2. The number of aromatic nitrogens is 3. The van der Waals surface area contributed by atoms with E-state index in [-0.39, 0.29) is 11.7 Å². The van der Waals surface area contributed by atoms with Crippen LogP contribution >= 0.6 is 0 Å². The first-order valence-corrected chi connectivity index (χ1v) is 5.16. The topological polar surface area (TPSA) is 60.9 Å². The highest BCUT2D eigenvalue weighted by molar-refractivity contribution is 5.98. The second-order valence-corrected chi connectivity index (χ2v) is 3.78. The Balaban J connectivity index is 2.15. The van der Waals surface area contributed by atoms with E-state index < -0.39 is 0 Å². The van der Waals surface area contributed by atoms with E-state index in [1.54, 1.807) is 12.1 Å². The first kappa shape index (κ1) is 9.77. The quantitative estimate of drug-likeness (QED) is 0.638. The lowest BCUT2D eigenvalue weighted by Gasteiger charge is -1.97. The average Bonchev–Trinajstić information content (AvgIpc) is 2.96. The predicted octanol–water partition coefficient (Wildman–Crippen LogP) is 2.02. The summed E-state index contributed by atoms with van der Waals surface area (Å²) in [6, 6.07) is 8.89. The maximum atomic E-state index is 12.0. The van der Waals surface area contributed by atoms with Gasteiger partial charge in [-0.25, -0.2) is 0 Å². The molecule has 17 heavy (non-hydrogen) atoms. The van der Waals surface area contributed by atoms with Crippen molar-refractivity contribution in [3.8, 4) is 0 Å². The van der Waals surface area contributed by atoms with Gasteiger partial charge < -0.3 is 4.42 Å². The fourth-order valence-corrected chi connectivity index (χ4v) is 1.69. The summed E-state index contributed by atoms with van der Waals surface area (Å²) in [5, 5.41) is 7.81. The molecule has 0 atom stereocenters. The second kappa shape index (κ2) is 3.55. The molecule has 84 valence electrons. The summed E-state index contributed by atoms with van der Waals surface area (Å²) in [4.78, 5) is 12.0. The van der Waals surface area contributed by atoms with Crippen LogP contribution < -0.4 is 0 Å². The van der Waals surface area contributed by atoms with E-state index in [4.69, 9.17) is 4.42 Å². The number of aryl methyl sites for hydroxylation is 1. The van der Waals surface area contributed by atoms with Crippen LogP contribution in [0.15, 0.2) is 41.0 Å². The lowest BCUT2D eigenvalue weighted by molar-refractivity contribution is 0.0920. The summed E-state index contributed by atoms with van der Waals surface area (Å²) in [7, 11) is 0. The van der Waals surface area contributed by atoms with Gasteiger partial charge in [-0.15, -0.1) is 5.10 Å². The minimum absolute atomic E-state index is 0.248. The molecule has 0 fully saturated rings. The number of carbonyl (C=O) groups is 1. The molecule has 0 unspecified atom stereocenters. The molecule has 2 heterocycles. The maximum absolute atomic E-state index is 12.0. The van der Waals surface area contributed by atoms with Crippen LogP contribution in [-0.4, -0.2) is 20.9 Å². The normalized spacial score (nSPS) is 10.9. The fourth-order valence-electron chi connectivity index (χ4n) is 1.69. The van der Waals surface area contributed by atoms with Crippen molar-refractivity contribution in [2.45, 2.75) is 6.92 Å². The molecule has 0 N–H and O–H groups in total.